The maximum atomic E-state index is 5.60. The molecule has 0 aromatic carbocycles. The van der Waals surface area contributed by atoms with Gasteiger partial charge in [-0.2, -0.15) is 0 Å². The lowest BCUT2D eigenvalue weighted by Crippen LogP contribution is -2.18. The number of hydrogen-bond acceptors (Lipinski definition) is 5. The minimum Gasteiger partial charge on any atom is -0.406 e. The Hall–Kier alpha value is -1.10. The van der Waals surface area contributed by atoms with Gasteiger partial charge in [0, 0.05) is 6.54 Å². The van der Waals surface area contributed by atoms with E-state index in [0.717, 1.165) is 24.9 Å². The SMILES string of the molecule is CCNC(C)c1nnc(NCC2CCCC2C)o1. The maximum Gasteiger partial charge on any atom is 0.315 e. The smallest absolute Gasteiger partial charge is 0.315 e. The molecule has 1 heterocycles. The van der Waals surface area contributed by atoms with E-state index in [2.05, 4.69) is 34.7 Å². The van der Waals surface area contributed by atoms with Gasteiger partial charge in [-0.25, -0.2) is 0 Å². The first-order valence-corrected chi connectivity index (χ1v) is 7.01. The lowest BCUT2D eigenvalue weighted by Gasteiger charge is -2.14. The molecular formula is C13H24N4O. The van der Waals surface area contributed by atoms with Gasteiger partial charge in [-0.3, -0.25) is 0 Å². The molecule has 2 rings (SSSR count). The molecule has 1 aromatic rings. The van der Waals surface area contributed by atoms with Crippen molar-refractivity contribution in [1.82, 2.24) is 15.5 Å². The normalized spacial score (nSPS) is 25.3. The van der Waals surface area contributed by atoms with E-state index in [1.165, 1.54) is 19.3 Å². The fourth-order valence-electron chi connectivity index (χ4n) is 2.62. The first kappa shape index (κ1) is 13.3. The molecule has 5 nitrogen and oxygen atoms in total. The minimum absolute atomic E-state index is 0.114. The van der Waals surface area contributed by atoms with Crippen LogP contribution in [0, 0.1) is 11.8 Å². The second kappa shape index (κ2) is 6.18. The zero-order valence-electron chi connectivity index (χ0n) is 11.6. The molecule has 1 aliphatic rings. The van der Waals surface area contributed by atoms with Gasteiger partial charge in [-0.15, -0.1) is 5.10 Å². The van der Waals surface area contributed by atoms with Crippen molar-refractivity contribution in [3.63, 3.8) is 0 Å². The van der Waals surface area contributed by atoms with Crippen LogP contribution in [0.1, 0.15) is 52.0 Å². The molecule has 0 aliphatic heterocycles. The summed E-state index contributed by atoms with van der Waals surface area (Å²) in [6.45, 7) is 8.25. The summed E-state index contributed by atoms with van der Waals surface area (Å²) in [4.78, 5) is 0. The van der Waals surface area contributed by atoms with Crippen LogP contribution in [0.4, 0.5) is 6.01 Å². The number of hydrogen-bond donors (Lipinski definition) is 2. The van der Waals surface area contributed by atoms with Gasteiger partial charge in [0.2, 0.25) is 5.89 Å². The van der Waals surface area contributed by atoms with Gasteiger partial charge in [0.25, 0.3) is 0 Å². The van der Waals surface area contributed by atoms with Gasteiger partial charge >= 0.3 is 6.01 Å². The van der Waals surface area contributed by atoms with Crippen molar-refractivity contribution >= 4 is 6.01 Å². The van der Waals surface area contributed by atoms with Crippen LogP contribution in [0.3, 0.4) is 0 Å². The molecule has 0 bridgehead atoms. The van der Waals surface area contributed by atoms with E-state index in [0.29, 0.717) is 11.9 Å². The Morgan fingerprint density at radius 2 is 2.22 bits per heavy atom. The molecule has 0 saturated heterocycles. The van der Waals surface area contributed by atoms with E-state index in [9.17, 15) is 0 Å². The van der Waals surface area contributed by atoms with Gasteiger partial charge in [0.1, 0.15) is 0 Å². The highest BCUT2D eigenvalue weighted by Crippen LogP contribution is 2.31. The third-order valence-corrected chi connectivity index (χ3v) is 3.88. The number of rotatable bonds is 6. The first-order chi connectivity index (χ1) is 8.70. The van der Waals surface area contributed by atoms with Crippen LogP contribution in [0.25, 0.3) is 0 Å². The van der Waals surface area contributed by atoms with Crippen molar-refractivity contribution in [2.75, 3.05) is 18.4 Å². The van der Waals surface area contributed by atoms with E-state index in [1.807, 2.05) is 6.92 Å². The Bertz CT molecular complexity index is 366. The van der Waals surface area contributed by atoms with Gasteiger partial charge in [-0.05, 0) is 31.7 Å². The molecule has 0 amide bonds. The summed E-state index contributed by atoms with van der Waals surface area (Å²) in [5, 5.41) is 14.6. The Kier molecular flexibility index (Phi) is 4.58. The molecule has 0 spiro atoms. The van der Waals surface area contributed by atoms with E-state index < -0.39 is 0 Å². The highest BCUT2D eigenvalue weighted by atomic mass is 16.4. The highest BCUT2D eigenvalue weighted by Gasteiger charge is 2.23. The predicted octanol–water partition coefficient (Wildman–Crippen LogP) is 2.59. The standard InChI is InChI=1S/C13H24N4O/c1-4-14-10(3)12-16-17-13(18-12)15-8-11-7-5-6-9(11)2/h9-11,14H,4-8H2,1-3H3,(H,15,17). The van der Waals surface area contributed by atoms with Crippen LogP contribution in [-0.4, -0.2) is 23.3 Å². The molecule has 2 N–H and O–H groups in total. The van der Waals surface area contributed by atoms with E-state index in [4.69, 9.17) is 4.42 Å². The molecule has 3 atom stereocenters. The van der Waals surface area contributed by atoms with Crippen LogP contribution in [0.15, 0.2) is 4.42 Å². The third kappa shape index (κ3) is 3.22. The molecule has 1 aliphatic carbocycles. The Morgan fingerprint density at radius 1 is 1.39 bits per heavy atom. The summed E-state index contributed by atoms with van der Waals surface area (Å²) in [5.41, 5.74) is 0. The van der Waals surface area contributed by atoms with Gasteiger partial charge in [-0.1, -0.05) is 31.8 Å². The van der Waals surface area contributed by atoms with Crippen LogP contribution < -0.4 is 10.6 Å². The third-order valence-electron chi connectivity index (χ3n) is 3.88. The average Bonchev–Trinajstić information content (AvgIpc) is 2.96. The number of nitrogens with zero attached hydrogens (tertiary/aromatic N) is 2. The van der Waals surface area contributed by atoms with Gasteiger partial charge < -0.3 is 15.1 Å². The van der Waals surface area contributed by atoms with Crippen molar-refractivity contribution < 1.29 is 4.42 Å². The molecule has 3 unspecified atom stereocenters. The number of aromatic nitrogens is 2. The maximum absolute atomic E-state index is 5.60. The molecular weight excluding hydrogens is 228 g/mol. The summed E-state index contributed by atoms with van der Waals surface area (Å²) in [6, 6.07) is 0.664. The lowest BCUT2D eigenvalue weighted by molar-refractivity contribution is 0.414. The van der Waals surface area contributed by atoms with Crippen molar-refractivity contribution in [2.24, 2.45) is 11.8 Å². The molecule has 1 aromatic heterocycles. The van der Waals surface area contributed by atoms with Crippen LogP contribution in [0.5, 0.6) is 0 Å². The second-order valence-electron chi connectivity index (χ2n) is 5.27. The number of anilines is 1. The Balaban J connectivity index is 1.83. The topological polar surface area (TPSA) is 63.0 Å². The monoisotopic (exact) mass is 252 g/mol. The van der Waals surface area contributed by atoms with E-state index in [-0.39, 0.29) is 6.04 Å². The summed E-state index contributed by atoms with van der Waals surface area (Å²) in [6.07, 6.45) is 4.00. The summed E-state index contributed by atoms with van der Waals surface area (Å²) >= 11 is 0. The van der Waals surface area contributed by atoms with Gasteiger partial charge in [0.05, 0.1) is 6.04 Å². The lowest BCUT2D eigenvalue weighted by atomic mass is 9.98. The number of nitrogens with one attached hydrogen (secondary N) is 2. The average molecular weight is 252 g/mol. The van der Waals surface area contributed by atoms with Crippen LogP contribution in [-0.2, 0) is 0 Å². The zero-order chi connectivity index (χ0) is 13.0. The molecule has 1 saturated carbocycles. The Morgan fingerprint density at radius 3 is 2.89 bits per heavy atom. The zero-order valence-corrected chi connectivity index (χ0v) is 11.6. The predicted molar refractivity (Wildman–Crippen MR) is 71.4 cm³/mol. The van der Waals surface area contributed by atoms with E-state index in [1.54, 1.807) is 0 Å². The van der Waals surface area contributed by atoms with Crippen LogP contribution in [0.2, 0.25) is 0 Å². The molecule has 5 heteroatoms. The quantitative estimate of drug-likeness (QED) is 0.814. The molecule has 0 radical (unpaired) electrons. The first-order valence-electron chi connectivity index (χ1n) is 7.01. The molecule has 18 heavy (non-hydrogen) atoms. The molecule has 102 valence electrons. The summed E-state index contributed by atoms with van der Waals surface area (Å²) in [7, 11) is 0. The van der Waals surface area contributed by atoms with Crippen molar-refractivity contribution in [3.8, 4) is 0 Å². The fraction of sp³-hybridized carbons (Fsp3) is 0.846. The van der Waals surface area contributed by atoms with E-state index >= 15 is 0 Å². The second-order valence-corrected chi connectivity index (χ2v) is 5.27. The highest BCUT2D eigenvalue weighted by molar-refractivity contribution is 5.17. The van der Waals surface area contributed by atoms with Crippen molar-refractivity contribution in [3.05, 3.63) is 5.89 Å². The largest absolute Gasteiger partial charge is 0.406 e. The van der Waals surface area contributed by atoms with Crippen molar-refractivity contribution in [1.29, 1.82) is 0 Å². The van der Waals surface area contributed by atoms with Crippen molar-refractivity contribution in [2.45, 2.75) is 46.1 Å². The summed E-state index contributed by atoms with van der Waals surface area (Å²) in [5.74, 6) is 2.20. The van der Waals surface area contributed by atoms with Gasteiger partial charge in [0.15, 0.2) is 0 Å². The van der Waals surface area contributed by atoms with Crippen LogP contribution >= 0.6 is 0 Å². The fourth-order valence-corrected chi connectivity index (χ4v) is 2.62. The minimum atomic E-state index is 0.114. The molecule has 1 fully saturated rings. The summed E-state index contributed by atoms with van der Waals surface area (Å²) < 4.78 is 5.60. The Labute approximate surface area is 109 Å².